The largest absolute Gasteiger partial charge is 0.444 e. The molecule has 10 nitrogen and oxygen atoms in total. The number of nitriles is 1. The molecule has 194 valence electrons. The molecule has 2 N–H and O–H groups in total. The summed E-state index contributed by atoms with van der Waals surface area (Å²) >= 11 is 0. The Morgan fingerprint density at radius 1 is 1.19 bits per heavy atom. The van der Waals surface area contributed by atoms with Crippen LogP contribution in [0, 0.1) is 17.2 Å². The van der Waals surface area contributed by atoms with Gasteiger partial charge in [-0.15, -0.1) is 0 Å². The third-order valence-corrected chi connectivity index (χ3v) is 5.94. The van der Waals surface area contributed by atoms with E-state index in [0.29, 0.717) is 44.0 Å². The van der Waals surface area contributed by atoms with Crippen molar-refractivity contribution in [2.24, 2.45) is 11.7 Å². The Morgan fingerprint density at radius 3 is 2.36 bits per heavy atom. The maximum absolute atomic E-state index is 12.3. The minimum atomic E-state index is -0.650. The summed E-state index contributed by atoms with van der Waals surface area (Å²) in [6, 6.07) is 9.32. The van der Waals surface area contributed by atoms with Gasteiger partial charge in [-0.1, -0.05) is 31.1 Å². The Bertz CT molecular complexity index is 1080. The van der Waals surface area contributed by atoms with Gasteiger partial charge >= 0.3 is 6.09 Å². The molecule has 10 heteroatoms. The number of rotatable bonds is 8. The van der Waals surface area contributed by atoms with Gasteiger partial charge in [0.25, 0.3) is 0 Å². The molecule has 0 bridgehead atoms. The van der Waals surface area contributed by atoms with Crippen LogP contribution in [0.15, 0.2) is 35.1 Å². The van der Waals surface area contributed by atoms with E-state index >= 15 is 0 Å². The average molecular weight is 497 g/mol. The van der Waals surface area contributed by atoms with Crippen molar-refractivity contribution in [3.8, 4) is 17.3 Å². The fraction of sp³-hybridized carbons (Fsp3) is 0.538. The van der Waals surface area contributed by atoms with Gasteiger partial charge in [0.1, 0.15) is 35.8 Å². The summed E-state index contributed by atoms with van der Waals surface area (Å²) in [5, 5.41) is 13.6. The zero-order valence-electron chi connectivity index (χ0n) is 21.7. The highest BCUT2D eigenvalue weighted by Crippen LogP contribution is 2.33. The van der Waals surface area contributed by atoms with E-state index in [1.807, 2.05) is 58.9 Å². The van der Waals surface area contributed by atoms with Crippen molar-refractivity contribution in [2.45, 2.75) is 52.7 Å². The number of primary amides is 1. The molecule has 36 heavy (non-hydrogen) atoms. The lowest BCUT2D eigenvalue weighted by Crippen LogP contribution is -2.50. The second-order valence-electron chi connectivity index (χ2n) is 10.4. The Labute approximate surface area is 212 Å². The molecule has 0 spiro atoms. The first-order valence-corrected chi connectivity index (χ1v) is 12.2. The zero-order chi connectivity index (χ0) is 26.5. The summed E-state index contributed by atoms with van der Waals surface area (Å²) in [7, 11) is 0. The van der Waals surface area contributed by atoms with Crippen molar-refractivity contribution in [1.29, 1.82) is 5.26 Å². The molecule has 2 amide bonds. The SMILES string of the molecule is CC(C)CC(C(N)=O)N(CC#N)c1conc1-c1ccc(N2CCN(C(=O)OC(C)(C)C)CC2)cc1. The van der Waals surface area contributed by atoms with Crippen LogP contribution in [0.25, 0.3) is 11.3 Å². The molecule has 1 atom stereocenters. The summed E-state index contributed by atoms with van der Waals surface area (Å²) in [6.07, 6.45) is 1.67. The van der Waals surface area contributed by atoms with Crippen LogP contribution in [0.3, 0.4) is 0 Å². The number of piperazine rings is 1. The summed E-state index contributed by atoms with van der Waals surface area (Å²) in [6.45, 7) is 12.1. The number of nitrogens with two attached hydrogens (primary N) is 1. The van der Waals surface area contributed by atoms with Gasteiger partial charge in [-0.05, 0) is 45.2 Å². The van der Waals surface area contributed by atoms with Crippen molar-refractivity contribution in [2.75, 3.05) is 42.5 Å². The summed E-state index contributed by atoms with van der Waals surface area (Å²) < 4.78 is 10.7. The highest BCUT2D eigenvalue weighted by molar-refractivity contribution is 5.86. The van der Waals surface area contributed by atoms with E-state index in [2.05, 4.69) is 16.1 Å². The maximum atomic E-state index is 12.3. The van der Waals surface area contributed by atoms with Crippen molar-refractivity contribution in [3.05, 3.63) is 30.5 Å². The molecule has 1 unspecified atom stereocenters. The number of hydrogen-bond acceptors (Lipinski definition) is 8. The van der Waals surface area contributed by atoms with E-state index in [-0.39, 0.29) is 18.6 Å². The number of carbonyl (C=O) groups excluding carboxylic acids is 2. The molecule has 0 radical (unpaired) electrons. The van der Waals surface area contributed by atoms with Crippen LogP contribution >= 0.6 is 0 Å². The normalized spacial score (nSPS) is 14.9. The number of carbonyl (C=O) groups is 2. The number of anilines is 2. The lowest BCUT2D eigenvalue weighted by Gasteiger charge is -2.36. The van der Waals surface area contributed by atoms with Crippen LogP contribution in [0.4, 0.5) is 16.2 Å². The van der Waals surface area contributed by atoms with Gasteiger partial charge < -0.3 is 29.7 Å². The average Bonchev–Trinajstić information content (AvgIpc) is 3.30. The second kappa shape index (κ2) is 11.3. The molecule has 1 fully saturated rings. The van der Waals surface area contributed by atoms with Crippen molar-refractivity contribution in [3.63, 3.8) is 0 Å². The first kappa shape index (κ1) is 26.9. The second-order valence-corrected chi connectivity index (χ2v) is 10.4. The fourth-order valence-electron chi connectivity index (χ4n) is 4.22. The van der Waals surface area contributed by atoms with Gasteiger partial charge in [-0.3, -0.25) is 4.79 Å². The van der Waals surface area contributed by atoms with E-state index in [0.717, 1.165) is 11.3 Å². The molecule has 1 aromatic heterocycles. The number of ether oxygens (including phenoxy) is 1. The third-order valence-electron chi connectivity index (χ3n) is 5.94. The Balaban J connectivity index is 1.74. The molecule has 2 aromatic rings. The van der Waals surface area contributed by atoms with Gasteiger partial charge in [-0.25, -0.2) is 4.79 Å². The molecule has 1 aromatic carbocycles. The lowest BCUT2D eigenvalue weighted by molar-refractivity contribution is -0.119. The molecule has 0 aliphatic carbocycles. The van der Waals surface area contributed by atoms with Crippen LogP contribution < -0.4 is 15.5 Å². The topological polar surface area (TPSA) is 129 Å². The van der Waals surface area contributed by atoms with E-state index in [4.69, 9.17) is 15.0 Å². The quantitative estimate of drug-likeness (QED) is 0.549. The Hall–Kier alpha value is -3.74. The van der Waals surface area contributed by atoms with Crippen LogP contribution in [-0.4, -0.2) is 66.4 Å². The van der Waals surface area contributed by atoms with Gasteiger partial charge in [0.05, 0.1) is 6.07 Å². The highest BCUT2D eigenvalue weighted by atomic mass is 16.6. The fourth-order valence-corrected chi connectivity index (χ4v) is 4.22. The summed E-state index contributed by atoms with van der Waals surface area (Å²) in [4.78, 5) is 30.2. The molecule has 1 saturated heterocycles. The Kier molecular flexibility index (Phi) is 8.45. The number of aromatic nitrogens is 1. The predicted octanol–water partition coefficient (Wildman–Crippen LogP) is 3.63. The minimum Gasteiger partial charge on any atom is -0.444 e. The van der Waals surface area contributed by atoms with Crippen LogP contribution in [0.1, 0.15) is 41.0 Å². The smallest absolute Gasteiger partial charge is 0.410 e. The highest BCUT2D eigenvalue weighted by Gasteiger charge is 2.29. The summed E-state index contributed by atoms with van der Waals surface area (Å²) in [5.41, 5.74) is 8.10. The van der Waals surface area contributed by atoms with Crippen molar-refractivity contribution >= 4 is 23.4 Å². The van der Waals surface area contributed by atoms with Crippen LogP contribution in [-0.2, 0) is 9.53 Å². The van der Waals surface area contributed by atoms with Gasteiger partial charge in [-0.2, -0.15) is 5.26 Å². The standard InChI is InChI=1S/C26H36N6O4/c1-18(2)16-21(24(28)33)32(11-10-27)22-17-35-29-23(22)19-6-8-20(9-7-19)30-12-14-31(15-13-30)25(34)36-26(3,4)5/h6-9,17-18,21H,11-16H2,1-5H3,(H2,28,33). The van der Waals surface area contributed by atoms with E-state index in [1.165, 1.54) is 6.26 Å². The number of benzene rings is 1. The van der Waals surface area contributed by atoms with Crippen molar-refractivity contribution < 1.29 is 18.8 Å². The number of amides is 2. The molecule has 3 rings (SSSR count). The molecule has 1 aliphatic rings. The molecule has 2 heterocycles. The van der Waals surface area contributed by atoms with Gasteiger partial charge in [0.15, 0.2) is 0 Å². The van der Waals surface area contributed by atoms with Crippen molar-refractivity contribution in [1.82, 2.24) is 10.1 Å². The minimum absolute atomic E-state index is 0.0193. The Morgan fingerprint density at radius 2 is 1.83 bits per heavy atom. The first-order valence-electron chi connectivity index (χ1n) is 12.2. The molecular formula is C26H36N6O4. The zero-order valence-corrected chi connectivity index (χ0v) is 21.7. The molecule has 1 aliphatic heterocycles. The van der Waals surface area contributed by atoms with Gasteiger partial charge in [0.2, 0.25) is 5.91 Å². The van der Waals surface area contributed by atoms with Crippen LogP contribution in [0.2, 0.25) is 0 Å². The van der Waals surface area contributed by atoms with Crippen LogP contribution in [0.5, 0.6) is 0 Å². The molecule has 0 saturated carbocycles. The van der Waals surface area contributed by atoms with Gasteiger partial charge in [0, 0.05) is 37.4 Å². The van der Waals surface area contributed by atoms with E-state index in [1.54, 1.807) is 9.80 Å². The lowest BCUT2D eigenvalue weighted by atomic mass is 10.0. The molecular weight excluding hydrogens is 460 g/mol. The number of nitrogens with zero attached hydrogens (tertiary/aromatic N) is 5. The van der Waals surface area contributed by atoms with E-state index in [9.17, 15) is 14.9 Å². The maximum Gasteiger partial charge on any atom is 0.410 e. The summed E-state index contributed by atoms with van der Waals surface area (Å²) in [5.74, 6) is -0.283. The number of hydrogen-bond donors (Lipinski definition) is 1. The monoisotopic (exact) mass is 496 g/mol. The predicted molar refractivity (Wildman–Crippen MR) is 137 cm³/mol. The third kappa shape index (κ3) is 6.68. The van der Waals surface area contributed by atoms with E-state index < -0.39 is 17.6 Å². The first-order chi connectivity index (χ1) is 17.0.